The van der Waals surface area contributed by atoms with E-state index in [0.717, 1.165) is 12.3 Å². The zero-order valence-electron chi connectivity index (χ0n) is 11.0. The Labute approximate surface area is 101 Å². The predicted molar refractivity (Wildman–Crippen MR) is 69.2 cm³/mol. The fraction of sp³-hybridized carbons (Fsp3) is 1.00. The van der Waals surface area contributed by atoms with Crippen LogP contribution in [0.15, 0.2) is 0 Å². The number of rotatable bonds is 6. The molecule has 0 aromatic rings. The summed E-state index contributed by atoms with van der Waals surface area (Å²) in [5, 5.41) is 10.1. The van der Waals surface area contributed by atoms with E-state index in [0.29, 0.717) is 12.5 Å². The van der Waals surface area contributed by atoms with Crippen molar-refractivity contribution < 1.29 is 5.11 Å². The van der Waals surface area contributed by atoms with Crippen LogP contribution in [0, 0.1) is 17.8 Å². The summed E-state index contributed by atoms with van der Waals surface area (Å²) in [6, 6.07) is 0. The molecule has 16 heavy (non-hydrogen) atoms. The summed E-state index contributed by atoms with van der Waals surface area (Å²) in [5.41, 5.74) is 5.72. The zero-order chi connectivity index (χ0) is 12.0. The molecule has 1 aliphatic rings. The van der Waals surface area contributed by atoms with Crippen molar-refractivity contribution >= 4 is 0 Å². The molecule has 2 atom stereocenters. The minimum Gasteiger partial charge on any atom is -0.393 e. The third kappa shape index (κ3) is 4.42. The Bertz CT molecular complexity index is 176. The summed E-state index contributed by atoms with van der Waals surface area (Å²) >= 11 is 0. The molecule has 0 amide bonds. The van der Waals surface area contributed by atoms with Gasteiger partial charge in [-0.05, 0) is 37.1 Å². The second-order valence-corrected chi connectivity index (χ2v) is 5.79. The highest BCUT2D eigenvalue weighted by molar-refractivity contribution is 4.75. The van der Waals surface area contributed by atoms with Crippen LogP contribution in [-0.4, -0.2) is 17.8 Å². The first-order valence-electron chi connectivity index (χ1n) is 7.03. The van der Waals surface area contributed by atoms with Gasteiger partial charge in [0.1, 0.15) is 0 Å². The zero-order valence-corrected chi connectivity index (χ0v) is 11.0. The Morgan fingerprint density at radius 1 is 1.19 bits per heavy atom. The smallest absolute Gasteiger partial charge is 0.0583 e. The lowest BCUT2D eigenvalue weighted by Gasteiger charge is -2.27. The average molecular weight is 227 g/mol. The largest absolute Gasteiger partial charge is 0.393 e. The molecule has 0 heterocycles. The van der Waals surface area contributed by atoms with E-state index in [-0.39, 0.29) is 12.0 Å². The van der Waals surface area contributed by atoms with Gasteiger partial charge in [0.15, 0.2) is 0 Å². The molecule has 0 bridgehead atoms. The Hall–Kier alpha value is -0.0800. The van der Waals surface area contributed by atoms with E-state index in [4.69, 9.17) is 5.73 Å². The fourth-order valence-corrected chi connectivity index (χ4v) is 2.97. The van der Waals surface area contributed by atoms with Gasteiger partial charge in [0.25, 0.3) is 0 Å². The van der Waals surface area contributed by atoms with E-state index in [1.807, 2.05) is 0 Å². The summed E-state index contributed by atoms with van der Waals surface area (Å²) in [7, 11) is 0. The first-order valence-corrected chi connectivity index (χ1v) is 7.03. The van der Waals surface area contributed by atoms with Gasteiger partial charge in [0, 0.05) is 0 Å². The van der Waals surface area contributed by atoms with E-state index < -0.39 is 0 Å². The van der Waals surface area contributed by atoms with Gasteiger partial charge in [0.05, 0.1) is 6.10 Å². The standard InChI is InChI=1S/C14H29NO/c1-11(2)13(10-15)14(16)9-8-12-6-4-3-5-7-12/h11-14,16H,3-10,15H2,1-2H3. The minimum atomic E-state index is -0.188. The van der Waals surface area contributed by atoms with Crippen LogP contribution in [0.1, 0.15) is 58.8 Å². The van der Waals surface area contributed by atoms with Gasteiger partial charge in [-0.1, -0.05) is 46.0 Å². The summed E-state index contributed by atoms with van der Waals surface area (Å²) in [4.78, 5) is 0. The van der Waals surface area contributed by atoms with E-state index in [1.165, 1.54) is 38.5 Å². The highest BCUT2D eigenvalue weighted by atomic mass is 16.3. The van der Waals surface area contributed by atoms with Gasteiger partial charge >= 0.3 is 0 Å². The van der Waals surface area contributed by atoms with Crippen LogP contribution in [0.25, 0.3) is 0 Å². The maximum atomic E-state index is 10.1. The third-order valence-electron chi connectivity index (χ3n) is 4.22. The highest BCUT2D eigenvalue weighted by Gasteiger charge is 2.22. The number of aliphatic hydroxyl groups excluding tert-OH is 1. The van der Waals surface area contributed by atoms with Crippen LogP contribution in [-0.2, 0) is 0 Å². The average Bonchev–Trinajstić information content (AvgIpc) is 2.28. The number of hydrogen-bond donors (Lipinski definition) is 2. The molecule has 1 fully saturated rings. The molecule has 3 N–H and O–H groups in total. The van der Waals surface area contributed by atoms with Crippen molar-refractivity contribution in [3.05, 3.63) is 0 Å². The second-order valence-electron chi connectivity index (χ2n) is 5.79. The third-order valence-corrected chi connectivity index (χ3v) is 4.22. The lowest BCUT2D eigenvalue weighted by molar-refractivity contribution is 0.0700. The molecular formula is C14H29NO. The van der Waals surface area contributed by atoms with Crippen molar-refractivity contribution in [3.63, 3.8) is 0 Å². The molecule has 2 heteroatoms. The molecule has 1 rings (SSSR count). The molecule has 0 radical (unpaired) electrons. The van der Waals surface area contributed by atoms with Gasteiger partial charge in [-0.25, -0.2) is 0 Å². The van der Waals surface area contributed by atoms with Crippen LogP contribution < -0.4 is 5.73 Å². The van der Waals surface area contributed by atoms with Crippen molar-refractivity contribution in [3.8, 4) is 0 Å². The molecular weight excluding hydrogens is 198 g/mol. The van der Waals surface area contributed by atoms with Gasteiger partial charge in [-0.3, -0.25) is 0 Å². The normalized spacial score (nSPS) is 22.3. The minimum absolute atomic E-state index is 0.188. The molecule has 1 aliphatic carbocycles. The summed E-state index contributed by atoms with van der Waals surface area (Å²) in [6.07, 6.45) is 8.91. The second kappa shape index (κ2) is 7.29. The molecule has 2 unspecified atom stereocenters. The number of aliphatic hydroxyl groups is 1. The van der Waals surface area contributed by atoms with Gasteiger partial charge in [0.2, 0.25) is 0 Å². The van der Waals surface area contributed by atoms with Crippen LogP contribution >= 0.6 is 0 Å². The Morgan fingerprint density at radius 2 is 1.81 bits per heavy atom. The maximum absolute atomic E-state index is 10.1. The Morgan fingerprint density at radius 3 is 2.31 bits per heavy atom. The van der Waals surface area contributed by atoms with Gasteiger partial charge in [-0.2, -0.15) is 0 Å². The van der Waals surface area contributed by atoms with Crippen LogP contribution in [0.4, 0.5) is 0 Å². The first kappa shape index (κ1) is 14.0. The van der Waals surface area contributed by atoms with E-state index in [1.54, 1.807) is 0 Å². The molecule has 96 valence electrons. The van der Waals surface area contributed by atoms with Crippen LogP contribution in [0.3, 0.4) is 0 Å². The number of nitrogens with two attached hydrogens (primary N) is 1. The van der Waals surface area contributed by atoms with E-state index in [2.05, 4.69) is 13.8 Å². The quantitative estimate of drug-likeness (QED) is 0.733. The van der Waals surface area contributed by atoms with Gasteiger partial charge < -0.3 is 10.8 Å². The highest BCUT2D eigenvalue weighted by Crippen LogP contribution is 2.29. The molecule has 0 aromatic carbocycles. The number of hydrogen-bond acceptors (Lipinski definition) is 2. The Balaban J connectivity index is 2.24. The summed E-state index contributed by atoms with van der Waals surface area (Å²) in [5.74, 6) is 1.64. The maximum Gasteiger partial charge on any atom is 0.0583 e. The van der Waals surface area contributed by atoms with Crippen molar-refractivity contribution in [2.45, 2.75) is 64.9 Å². The van der Waals surface area contributed by atoms with E-state index >= 15 is 0 Å². The van der Waals surface area contributed by atoms with Crippen molar-refractivity contribution in [2.75, 3.05) is 6.54 Å². The fourth-order valence-electron chi connectivity index (χ4n) is 2.97. The van der Waals surface area contributed by atoms with Crippen LogP contribution in [0.5, 0.6) is 0 Å². The summed E-state index contributed by atoms with van der Waals surface area (Å²) < 4.78 is 0. The summed E-state index contributed by atoms with van der Waals surface area (Å²) in [6.45, 7) is 4.92. The molecule has 2 nitrogen and oxygen atoms in total. The predicted octanol–water partition coefficient (Wildman–Crippen LogP) is 2.94. The molecule has 0 aromatic heterocycles. The van der Waals surface area contributed by atoms with Crippen molar-refractivity contribution in [1.29, 1.82) is 0 Å². The SMILES string of the molecule is CC(C)C(CN)C(O)CCC1CCCCC1. The Kier molecular flexibility index (Phi) is 6.37. The van der Waals surface area contributed by atoms with Crippen LogP contribution in [0.2, 0.25) is 0 Å². The lowest BCUT2D eigenvalue weighted by Crippen LogP contribution is -2.32. The molecule has 0 saturated heterocycles. The van der Waals surface area contributed by atoms with Crippen molar-refractivity contribution in [2.24, 2.45) is 23.5 Å². The van der Waals surface area contributed by atoms with E-state index in [9.17, 15) is 5.11 Å². The monoisotopic (exact) mass is 227 g/mol. The molecule has 0 aliphatic heterocycles. The van der Waals surface area contributed by atoms with Crippen molar-refractivity contribution in [1.82, 2.24) is 0 Å². The lowest BCUT2D eigenvalue weighted by atomic mass is 9.82. The molecule has 0 spiro atoms. The van der Waals surface area contributed by atoms with Gasteiger partial charge in [-0.15, -0.1) is 0 Å². The topological polar surface area (TPSA) is 46.2 Å². The molecule has 1 saturated carbocycles. The first-order chi connectivity index (χ1) is 7.65.